The van der Waals surface area contributed by atoms with Gasteiger partial charge in [0.15, 0.2) is 0 Å². The number of anilines is 8. The maximum absolute atomic E-state index is 12.7. The molecule has 0 bridgehead atoms. The van der Waals surface area contributed by atoms with Crippen molar-refractivity contribution in [2.24, 2.45) is 0 Å². The number of nitrogens with one attached hydrogen (secondary N) is 7. The minimum Gasteiger partial charge on any atom is -0.394 e. The van der Waals surface area contributed by atoms with Crippen LogP contribution in [-0.4, -0.2) is 233 Å². The molecule has 2 heterocycles. The van der Waals surface area contributed by atoms with Crippen molar-refractivity contribution in [2.45, 2.75) is 58.6 Å². The molecule has 0 radical (unpaired) electrons. The quantitative estimate of drug-likeness (QED) is 0.0127. The normalized spacial score (nSPS) is 15.8. The lowest BCUT2D eigenvalue weighted by Crippen LogP contribution is -2.49. The predicted octanol–water partition coefficient (Wildman–Crippen LogP) is -5.99. The van der Waals surface area contributed by atoms with E-state index in [1.807, 2.05) is 0 Å². The van der Waals surface area contributed by atoms with E-state index in [0.717, 1.165) is 36.4 Å². The van der Waals surface area contributed by atoms with E-state index in [0.29, 0.717) is 0 Å². The summed E-state index contributed by atoms with van der Waals surface area (Å²) in [5.74, 6) is -3.97. The van der Waals surface area contributed by atoms with Crippen LogP contribution in [0, 0.1) is 0 Å². The number of aromatic nitrogens is 6. The third-order valence-electron chi connectivity index (χ3n) is 9.73. The topological polar surface area (TPSA) is 581 Å². The highest BCUT2D eigenvalue weighted by Gasteiger charge is 2.31. The molecular weight excluding hydrogens is 1090 g/mol. The third-order valence-corrected chi connectivity index (χ3v) is 13.0. The molecule has 8 unspecified atom stereocenters. The molecule has 0 aliphatic rings. The molecule has 0 amide bonds. The largest absolute Gasteiger partial charge is 0.394 e. The second-order valence-corrected chi connectivity index (χ2v) is 21.5. The first-order valence-corrected chi connectivity index (χ1v) is 27.2. The van der Waals surface area contributed by atoms with E-state index in [1.165, 1.54) is 12.1 Å². The van der Waals surface area contributed by atoms with Crippen molar-refractivity contribution in [3.05, 3.63) is 47.5 Å². The van der Waals surface area contributed by atoms with Crippen LogP contribution in [0.25, 0.3) is 12.2 Å². The van der Waals surface area contributed by atoms with Gasteiger partial charge in [0.1, 0.15) is 46.4 Å². The van der Waals surface area contributed by atoms with Gasteiger partial charge in [-0.05, 0) is 35.4 Å². The average molecular weight is 1150 g/mol. The lowest BCUT2D eigenvalue weighted by atomic mass is 10.0. The van der Waals surface area contributed by atoms with Crippen molar-refractivity contribution in [3.8, 4) is 0 Å². The Hall–Kier alpha value is -5.80. The van der Waals surface area contributed by atoms with E-state index in [1.54, 1.807) is 0 Å². The van der Waals surface area contributed by atoms with Crippen LogP contribution < -0.4 is 37.4 Å². The summed E-state index contributed by atoms with van der Waals surface area (Å²) in [7, 11) is -19.2. The van der Waals surface area contributed by atoms with Crippen LogP contribution >= 0.6 is 0 Å². The van der Waals surface area contributed by atoms with Gasteiger partial charge in [-0.1, -0.05) is 24.3 Å². The van der Waals surface area contributed by atoms with Crippen molar-refractivity contribution >= 4 is 99.7 Å². The highest BCUT2D eigenvalue weighted by molar-refractivity contribution is 7.86. The Bertz CT molecular complexity index is 3060. The summed E-state index contributed by atoms with van der Waals surface area (Å²) in [6.45, 7) is -3.98. The van der Waals surface area contributed by atoms with Gasteiger partial charge in [-0.15, -0.1) is 0 Å². The summed E-state index contributed by atoms with van der Waals surface area (Å²) in [6, 6.07) is 6.46. The zero-order valence-corrected chi connectivity index (χ0v) is 41.5. The Labute approximate surface area is 425 Å². The van der Waals surface area contributed by atoms with Crippen LogP contribution in [0.4, 0.5) is 47.1 Å². The zero-order valence-electron chi connectivity index (χ0n) is 38.2. The van der Waals surface area contributed by atoms with Crippen LogP contribution in [0.3, 0.4) is 0 Å². The molecule has 4 rings (SSSR count). The molecule has 75 heavy (non-hydrogen) atoms. The molecule has 0 spiro atoms. The fourth-order valence-electron chi connectivity index (χ4n) is 5.92. The Kier molecular flexibility index (Phi) is 22.1. The Morgan fingerprint density at radius 2 is 0.800 bits per heavy atom. The first-order chi connectivity index (χ1) is 34.9. The molecule has 2 aromatic heterocycles. The lowest BCUT2D eigenvalue weighted by molar-refractivity contribution is -0.113. The average Bonchev–Trinajstić information content (AvgIpc) is 3.32. The second-order valence-electron chi connectivity index (χ2n) is 15.6. The van der Waals surface area contributed by atoms with E-state index >= 15 is 0 Å². The van der Waals surface area contributed by atoms with Gasteiger partial charge >= 0.3 is 0 Å². The van der Waals surface area contributed by atoms with Gasteiger partial charge in [0, 0.05) is 37.6 Å². The van der Waals surface area contributed by atoms with Gasteiger partial charge < -0.3 is 77.6 Å². The first kappa shape index (κ1) is 61.7. The van der Waals surface area contributed by atoms with E-state index in [9.17, 15) is 83.6 Å². The van der Waals surface area contributed by atoms with Crippen molar-refractivity contribution in [1.29, 1.82) is 0 Å². The standard InChI is InChI=1S/C36H53N13O22S4/c50-15-23(54)29(58)27(56)21(52)13-39-33-43-31(37-7-9-72(60,61)62)44-34(46-33)41-19-5-3-17(25(11-19)74(66,67)68)1-2-18-4-6-20(12-26(18)75(69,70)71)42-35-45-32(38-8-10-73(63,64)65)47-36(48-35)49-40-14-22(53)28(57)30(59)24(55)16-51/h1-6,11-12,21-24,27-30,40,50-59H,7-10,13-16H2,(H,60,61,62)(H,63,64,65)(H,66,67,68)(H,69,70,71)(H3,37,39,41,43,44,46)(H3,38,42,45,47,48,49)/b2-1+. The first-order valence-electron chi connectivity index (χ1n) is 21.1. The fraction of sp³-hybridized carbons (Fsp3) is 0.444. The molecule has 21 N–H and O–H groups in total. The molecule has 418 valence electrons. The van der Waals surface area contributed by atoms with Crippen LogP contribution in [0.2, 0.25) is 0 Å². The lowest BCUT2D eigenvalue weighted by Gasteiger charge is -2.25. The molecule has 0 saturated carbocycles. The smallest absolute Gasteiger partial charge is 0.295 e. The second kappa shape index (κ2) is 26.8. The maximum Gasteiger partial charge on any atom is 0.295 e. The summed E-state index contributed by atoms with van der Waals surface area (Å²) in [5, 5.41) is 111. The summed E-state index contributed by atoms with van der Waals surface area (Å²) < 4.78 is 134. The number of rotatable bonds is 31. The van der Waals surface area contributed by atoms with Crippen molar-refractivity contribution in [3.63, 3.8) is 0 Å². The Morgan fingerprint density at radius 1 is 0.453 bits per heavy atom. The SMILES string of the molecule is O=S(=O)(O)CCNc1nc(NCC(O)C(O)C(O)C(O)CO)nc(Nc2ccc(/C=C/c3ccc(Nc4nc(NCCS(=O)(=O)O)nc(NNCC(O)C(O)C(O)C(O)CO)n4)cc3S(=O)(=O)O)c(S(=O)(=O)O)c2)n1. The highest BCUT2D eigenvalue weighted by Crippen LogP contribution is 2.28. The molecule has 2 aromatic carbocycles. The molecule has 39 heteroatoms. The Balaban J connectivity index is 1.63. The van der Waals surface area contributed by atoms with E-state index < -0.39 is 168 Å². The molecule has 35 nitrogen and oxygen atoms in total. The number of hydrogen-bond acceptors (Lipinski definition) is 31. The molecule has 8 atom stereocenters. The number of benzene rings is 2. The van der Waals surface area contributed by atoms with Gasteiger partial charge in [-0.25, -0.2) is 5.43 Å². The number of aliphatic hydroxyl groups is 10. The van der Waals surface area contributed by atoms with Crippen LogP contribution in [0.15, 0.2) is 46.2 Å². The summed E-state index contributed by atoms with van der Waals surface area (Å²) in [4.78, 5) is 22.5. The van der Waals surface area contributed by atoms with Gasteiger partial charge in [0.05, 0.1) is 36.9 Å². The van der Waals surface area contributed by atoms with Crippen molar-refractivity contribution < 1.29 is 103 Å². The molecule has 4 aromatic rings. The number of hydrogen-bond donors (Lipinski definition) is 21. The van der Waals surface area contributed by atoms with Gasteiger partial charge in [-0.3, -0.25) is 23.6 Å². The molecule has 0 aliphatic carbocycles. The molecule has 0 aliphatic heterocycles. The fourth-order valence-corrected chi connectivity index (χ4v) is 8.06. The summed E-state index contributed by atoms with van der Waals surface area (Å²) in [6.07, 6.45) is -13.0. The van der Waals surface area contributed by atoms with E-state index in [2.05, 4.69) is 67.3 Å². The monoisotopic (exact) mass is 1150 g/mol. The summed E-state index contributed by atoms with van der Waals surface area (Å²) in [5.41, 5.74) is 4.00. The molecule has 0 fully saturated rings. The minimum absolute atomic E-state index is 0.142. The van der Waals surface area contributed by atoms with E-state index in [-0.39, 0.29) is 40.3 Å². The Morgan fingerprint density at radius 3 is 1.19 bits per heavy atom. The number of nitrogens with zero attached hydrogens (tertiary/aromatic N) is 6. The van der Waals surface area contributed by atoms with Crippen molar-refractivity contribution in [2.75, 3.05) is 82.9 Å². The van der Waals surface area contributed by atoms with Gasteiger partial charge in [-0.2, -0.15) is 63.6 Å². The van der Waals surface area contributed by atoms with Crippen LogP contribution in [0.1, 0.15) is 11.1 Å². The highest BCUT2D eigenvalue weighted by atomic mass is 32.2. The number of aliphatic hydroxyl groups excluding tert-OH is 10. The van der Waals surface area contributed by atoms with Gasteiger partial charge in [0.2, 0.25) is 35.7 Å². The zero-order chi connectivity index (χ0) is 56.1. The van der Waals surface area contributed by atoms with Crippen LogP contribution in [-0.2, 0) is 40.5 Å². The van der Waals surface area contributed by atoms with E-state index in [4.69, 9.17) is 19.3 Å². The number of hydrazine groups is 1. The third kappa shape index (κ3) is 20.0. The summed E-state index contributed by atoms with van der Waals surface area (Å²) >= 11 is 0. The maximum atomic E-state index is 12.7. The molecular formula is C36H53N13O22S4. The van der Waals surface area contributed by atoms with Gasteiger partial charge in [0.25, 0.3) is 40.5 Å². The minimum atomic E-state index is -5.12. The molecule has 0 saturated heterocycles. The van der Waals surface area contributed by atoms with Crippen molar-refractivity contribution in [1.82, 2.24) is 35.3 Å². The van der Waals surface area contributed by atoms with Crippen LogP contribution in [0.5, 0.6) is 0 Å². The predicted molar refractivity (Wildman–Crippen MR) is 260 cm³/mol.